The molecule has 0 atom stereocenters. The van der Waals surface area contributed by atoms with Crippen LogP contribution in [0.15, 0.2) is 18.2 Å². The summed E-state index contributed by atoms with van der Waals surface area (Å²) in [5.41, 5.74) is 0. The summed E-state index contributed by atoms with van der Waals surface area (Å²) in [5.74, 6) is -1.20. The molecule has 15 heavy (non-hydrogen) atoms. The van der Waals surface area contributed by atoms with Gasteiger partial charge >= 0.3 is 0 Å². The molecule has 0 amide bonds. The Morgan fingerprint density at radius 2 is 2.07 bits per heavy atom. The Balaban J connectivity index is 2.62. The van der Waals surface area contributed by atoms with Crippen LogP contribution in [0, 0.1) is 5.82 Å². The molecular weight excluding hydrogens is 266 g/mol. The molecule has 0 spiro atoms. The molecule has 3 nitrogen and oxygen atoms in total. The SMILES string of the molecule is O=S(=O)(Cl)CCOc1cccc(Cl)c1F. The quantitative estimate of drug-likeness (QED) is 0.791. The van der Waals surface area contributed by atoms with Crippen molar-refractivity contribution in [3.63, 3.8) is 0 Å². The Hall–Kier alpha value is -0.520. The largest absolute Gasteiger partial charge is 0.489 e. The van der Waals surface area contributed by atoms with E-state index >= 15 is 0 Å². The van der Waals surface area contributed by atoms with Crippen molar-refractivity contribution in [2.75, 3.05) is 12.4 Å². The molecule has 0 aliphatic heterocycles. The van der Waals surface area contributed by atoms with Crippen molar-refractivity contribution in [3.05, 3.63) is 29.0 Å². The normalized spacial score (nSPS) is 11.4. The second-order valence-electron chi connectivity index (χ2n) is 2.64. The molecule has 0 aliphatic carbocycles. The molecule has 0 radical (unpaired) electrons. The zero-order valence-corrected chi connectivity index (χ0v) is 9.74. The van der Waals surface area contributed by atoms with E-state index < -0.39 is 14.9 Å². The topological polar surface area (TPSA) is 43.4 Å². The highest BCUT2D eigenvalue weighted by Gasteiger charge is 2.09. The first kappa shape index (κ1) is 12.5. The highest BCUT2D eigenvalue weighted by Crippen LogP contribution is 2.23. The first-order chi connectivity index (χ1) is 6.90. The minimum absolute atomic E-state index is 0.0822. The standard InChI is InChI=1S/C8H7Cl2FO3S/c9-6-2-1-3-7(8(6)11)14-4-5-15(10,12)13/h1-3H,4-5H2. The Kier molecular flexibility index (Phi) is 4.19. The van der Waals surface area contributed by atoms with Gasteiger partial charge in [0.2, 0.25) is 9.05 Å². The summed E-state index contributed by atoms with van der Waals surface area (Å²) in [4.78, 5) is 0. The maximum absolute atomic E-state index is 13.2. The van der Waals surface area contributed by atoms with Crippen LogP contribution in [0.4, 0.5) is 4.39 Å². The lowest BCUT2D eigenvalue weighted by atomic mass is 10.3. The van der Waals surface area contributed by atoms with Crippen molar-refractivity contribution in [1.82, 2.24) is 0 Å². The molecule has 0 aromatic heterocycles. The summed E-state index contributed by atoms with van der Waals surface area (Å²) in [7, 11) is 1.32. The third-order valence-corrected chi connectivity index (χ3v) is 2.91. The first-order valence-electron chi connectivity index (χ1n) is 3.89. The smallest absolute Gasteiger partial charge is 0.235 e. The Bertz CT molecular complexity index is 447. The molecule has 0 bridgehead atoms. The number of halogens is 3. The molecule has 7 heteroatoms. The predicted molar refractivity (Wildman–Crippen MR) is 56.5 cm³/mol. The van der Waals surface area contributed by atoms with Crippen LogP contribution in [0.2, 0.25) is 5.02 Å². The highest BCUT2D eigenvalue weighted by molar-refractivity contribution is 8.13. The lowest BCUT2D eigenvalue weighted by Crippen LogP contribution is -2.09. The van der Waals surface area contributed by atoms with Gasteiger partial charge in [0.25, 0.3) is 0 Å². The molecule has 0 heterocycles. The second-order valence-corrected chi connectivity index (χ2v) is 5.95. The summed E-state index contributed by atoms with van der Waals surface area (Å²) in [5, 5.41) is -0.0822. The van der Waals surface area contributed by atoms with Crippen molar-refractivity contribution in [2.24, 2.45) is 0 Å². The zero-order valence-electron chi connectivity index (χ0n) is 7.41. The summed E-state index contributed by atoms with van der Waals surface area (Å²) in [6.07, 6.45) is 0. The van der Waals surface area contributed by atoms with Gasteiger partial charge in [-0.15, -0.1) is 0 Å². The fourth-order valence-electron chi connectivity index (χ4n) is 0.847. The van der Waals surface area contributed by atoms with E-state index in [1.54, 1.807) is 0 Å². The van der Waals surface area contributed by atoms with Crippen molar-refractivity contribution >= 4 is 31.3 Å². The monoisotopic (exact) mass is 272 g/mol. The molecule has 0 aliphatic rings. The Morgan fingerprint density at radius 1 is 1.40 bits per heavy atom. The molecule has 1 rings (SSSR count). The number of ether oxygens (including phenoxy) is 1. The van der Waals surface area contributed by atoms with Gasteiger partial charge in [0, 0.05) is 10.7 Å². The van der Waals surface area contributed by atoms with Gasteiger partial charge in [-0.2, -0.15) is 0 Å². The van der Waals surface area contributed by atoms with E-state index in [4.69, 9.17) is 27.0 Å². The lowest BCUT2D eigenvalue weighted by molar-refractivity contribution is 0.323. The van der Waals surface area contributed by atoms with Crippen LogP contribution in [0.3, 0.4) is 0 Å². The van der Waals surface area contributed by atoms with Crippen molar-refractivity contribution < 1.29 is 17.5 Å². The van der Waals surface area contributed by atoms with Crippen LogP contribution in [-0.4, -0.2) is 20.8 Å². The van der Waals surface area contributed by atoms with Crippen molar-refractivity contribution in [2.45, 2.75) is 0 Å². The van der Waals surface area contributed by atoms with E-state index in [-0.39, 0.29) is 23.1 Å². The molecule has 1 aromatic carbocycles. The van der Waals surface area contributed by atoms with Gasteiger partial charge in [0.15, 0.2) is 11.6 Å². The minimum Gasteiger partial charge on any atom is -0.489 e. The van der Waals surface area contributed by atoms with E-state index in [1.165, 1.54) is 18.2 Å². The van der Waals surface area contributed by atoms with E-state index in [2.05, 4.69) is 0 Å². The fraction of sp³-hybridized carbons (Fsp3) is 0.250. The summed E-state index contributed by atoms with van der Waals surface area (Å²) in [6.45, 7) is -0.219. The molecule has 0 fully saturated rings. The van der Waals surface area contributed by atoms with E-state index in [0.717, 1.165) is 0 Å². The summed E-state index contributed by atoms with van der Waals surface area (Å²) >= 11 is 5.48. The van der Waals surface area contributed by atoms with Gasteiger partial charge in [0.1, 0.15) is 6.61 Å². The Morgan fingerprint density at radius 3 is 2.67 bits per heavy atom. The van der Waals surface area contributed by atoms with Gasteiger partial charge in [0.05, 0.1) is 10.8 Å². The number of benzene rings is 1. The van der Waals surface area contributed by atoms with Crippen LogP contribution in [-0.2, 0) is 9.05 Å². The molecule has 0 N–H and O–H groups in total. The molecule has 0 saturated heterocycles. The van der Waals surface area contributed by atoms with Crippen molar-refractivity contribution in [3.8, 4) is 5.75 Å². The number of rotatable bonds is 4. The highest BCUT2D eigenvalue weighted by atomic mass is 35.7. The van der Waals surface area contributed by atoms with E-state index in [0.29, 0.717) is 0 Å². The summed E-state index contributed by atoms with van der Waals surface area (Å²) < 4.78 is 39.1. The average molecular weight is 273 g/mol. The lowest BCUT2D eigenvalue weighted by Gasteiger charge is -2.06. The second kappa shape index (κ2) is 5.01. The van der Waals surface area contributed by atoms with Crippen LogP contribution >= 0.6 is 22.3 Å². The first-order valence-corrected chi connectivity index (χ1v) is 6.75. The van der Waals surface area contributed by atoms with E-state index in [9.17, 15) is 12.8 Å². The average Bonchev–Trinajstić information content (AvgIpc) is 2.10. The van der Waals surface area contributed by atoms with E-state index in [1.807, 2.05) is 0 Å². The predicted octanol–water partition coefficient (Wildman–Crippen LogP) is 2.43. The third kappa shape index (κ3) is 4.24. The van der Waals surface area contributed by atoms with Gasteiger partial charge in [-0.3, -0.25) is 0 Å². The maximum atomic E-state index is 13.2. The molecule has 84 valence electrons. The van der Waals surface area contributed by atoms with Gasteiger partial charge in [-0.25, -0.2) is 12.8 Å². The van der Waals surface area contributed by atoms with Crippen LogP contribution in [0.1, 0.15) is 0 Å². The fourth-order valence-corrected chi connectivity index (χ4v) is 1.48. The molecular formula is C8H7Cl2FO3S. The van der Waals surface area contributed by atoms with Gasteiger partial charge in [-0.05, 0) is 12.1 Å². The van der Waals surface area contributed by atoms with Gasteiger partial charge < -0.3 is 4.74 Å². The number of hydrogen-bond acceptors (Lipinski definition) is 3. The molecule has 1 aromatic rings. The van der Waals surface area contributed by atoms with Crippen LogP contribution in [0.5, 0.6) is 5.75 Å². The molecule has 0 saturated carbocycles. The van der Waals surface area contributed by atoms with Crippen LogP contribution < -0.4 is 4.74 Å². The minimum atomic E-state index is -3.63. The van der Waals surface area contributed by atoms with Crippen LogP contribution in [0.25, 0.3) is 0 Å². The molecule has 0 unspecified atom stereocenters. The zero-order chi connectivity index (χ0) is 11.5. The Labute approximate surface area is 96.2 Å². The van der Waals surface area contributed by atoms with Gasteiger partial charge in [-0.1, -0.05) is 17.7 Å². The maximum Gasteiger partial charge on any atom is 0.235 e. The third-order valence-electron chi connectivity index (χ3n) is 1.50. The summed E-state index contributed by atoms with van der Waals surface area (Å²) in [6, 6.07) is 4.21. The van der Waals surface area contributed by atoms with Crippen molar-refractivity contribution in [1.29, 1.82) is 0 Å². The number of hydrogen-bond donors (Lipinski definition) is 0.